The minimum Gasteiger partial charge on any atom is -0.495 e. The number of hydrogen-bond donors (Lipinski definition) is 2. The van der Waals surface area contributed by atoms with Crippen molar-refractivity contribution in [2.45, 2.75) is 25.9 Å². The maximum atomic E-state index is 13.1. The molecule has 34 heavy (non-hydrogen) atoms. The van der Waals surface area contributed by atoms with Gasteiger partial charge in [0.05, 0.1) is 12.1 Å². The van der Waals surface area contributed by atoms with Gasteiger partial charge in [-0.3, -0.25) is 4.79 Å². The van der Waals surface area contributed by atoms with E-state index in [1.807, 2.05) is 48.5 Å². The molecule has 3 aromatic rings. The molecule has 3 fully saturated rings. The average Bonchev–Trinajstić information content (AvgIpc) is 2.86. The highest BCUT2D eigenvalue weighted by atomic mass is 35.5. The quantitative estimate of drug-likeness (QED) is 0.496. The average molecular weight is 478 g/mol. The normalized spacial score (nSPS) is 18.7. The first-order chi connectivity index (χ1) is 16.6. The summed E-state index contributed by atoms with van der Waals surface area (Å²) in [4.78, 5) is 24.6. The van der Waals surface area contributed by atoms with Crippen molar-refractivity contribution in [2.24, 2.45) is 11.8 Å². The fourth-order valence-electron chi connectivity index (χ4n) is 4.74. The maximum Gasteiger partial charge on any atom is 0.256 e. The molecule has 2 N–H and O–H groups in total. The number of nitrogens with one attached hydrogen (secondary N) is 2. The molecule has 8 heteroatoms. The Bertz CT molecular complexity index is 1160. The van der Waals surface area contributed by atoms with Crippen molar-refractivity contribution in [3.05, 3.63) is 76.4 Å². The van der Waals surface area contributed by atoms with Crippen LogP contribution >= 0.6 is 11.6 Å². The highest BCUT2D eigenvalue weighted by molar-refractivity contribution is 6.32. The van der Waals surface area contributed by atoms with Crippen LogP contribution in [0.4, 0.5) is 11.8 Å². The topological polar surface area (TPSA) is 79.4 Å². The van der Waals surface area contributed by atoms with Gasteiger partial charge in [0.2, 0.25) is 5.95 Å². The van der Waals surface area contributed by atoms with E-state index in [1.54, 1.807) is 13.3 Å². The number of carbonyl (C=O) groups excluding carboxylic acids is 1. The summed E-state index contributed by atoms with van der Waals surface area (Å²) in [6.45, 7) is 2.85. The fraction of sp³-hybridized carbons (Fsp3) is 0.346. The van der Waals surface area contributed by atoms with Gasteiger partial charge in [0.15, 0.2) is 0 Å². The number of ether oxygens (including phenoxy) is 1. The summed E-state index contributed by atoms with van der Waals surface area (Å²) in [5, 5.41) is 6.86. The van der Waals surface area contributed by atoms with Crippen LogP contribution in [0, 0.1) is 11.8 Å². The lowest BCUT2D eigenvalue weighted by Crippen LogP contribution is -2.49. The van der Waals surface area contributed by atoms with Gasteiger partial charge in [-0.2, -0.15) is 4.98 Å². The van der Waals surface area contributed by atoms with Gasteiger partial charge in [-0.15, -0.1) is 0 Å². The van der Waals surface area contributed by atoms with Crippen LogP contribution < -0.4 is 20.3 Å². The van der Waals surface area contributed by atoms with Gasteiger partial charge in [-0.05, 0) is 47.9 Å². The Morgan fingerprint density at radius 3 is 2.56 bits per heavy atom. The molecule has 2 aromatic carbocycles. The minimum absolute atomic E-state index is 0.216. The third-order valence-corrected chi connectivity index (χ3v) is 6.86. The SMILES string of the molecule is COc1ccc(CNc2nc(N3CC4CC(C4)C3)ncc2C(=O)NCc2ccccc2)cc1Cl. The van der Waals surface area contributed by atoms with E-state index in [0.717, 1.165) is 36.1 Å². The molecule has 0 unspecified atom stereocenters. The van der Waals surface area contributed by atoms with E-state index in [1.165, 1.54) is 12.8 Å². The molecule has 3 heterocycles. The van der Waals surface area contributed by atoms with Crippen molar-refractivity contribution < 1.29 is 9.53 Å². The molecular formula is C26H28ClN5O2. The second kappa shape index (κ2) is 9.89. The minimum atomic E-state index is -0.216. The molecule has 1 aliphatic carbocycles. The molecule has 2 saturated heterocycles. The van der Waals surface area contributed by atoms with Gasteiger partial charge in [0.1, 0.15) is 17.1 Å². The Labute approximate surface area is 204 Å². The van der Waals surface area contributed by atoms with E-state index >= 15 is 0 Å². The van der Waals surface area contributed by atoms with Gasteiger partial charge in [-0.1, -0.05) is 48.0 Å². The fourth-order valence-corrected chi connectivity index (χ4v) is 5.02. The van der Waals surface area contributed by atoms with Crippen LogP contribution in [0.1, 0.15) is 34.3 Å². The Balaban J connectivity index is 1.35. The van der Waals surface area contributed by atoms with Gasteiger partial charge in [0, 0.05) is 32.4 Å². The largest absolute Gasteiger partial charge is 0.495 e. The zero-order valence-corrected chi connectivity index (χ0v) is 19.9. The maximum absolute atomic E-state index is 13.1. The van der Waals surface area contributed by atoms with E-state index in [0.29, 0.717) is 41.2 Å². The summed E-state index contributed by atoms with van der Waals surface area (Å²) >= 11 is 6.29. The molecule has 1 amide bonds. The number of aromatic nitrogens is 2. The van der Waals surface area contributed by atoms with Crippen molar-refractivity contribution >= 4 is 29.3 Å². The molecule has 0 spiro atoms. The van der Waals surface area contributed by atoms with Gasteiger partial charge < -0.3 is 20.3 Å². The van der Waals surface area contributed by atoms with E-state index in [4.69, 9.17) is 21.3 Å². The summed E-state index contributed by atoms with van der Waals surface area (Å²) in [5.41, 5.74) is 2.41. The number of anilines is 2. The monoisotopic (exact) mass is 477 g/mol. The van der Waals surface area contributed by atoms with Crippen LogP contribution in [0.25, 0.3) is 0 Å². The van der Waals surface area contributed by atoms with Crippen LogP contribution in [0.2, 0.25) is 5.02 Å². The molecule has 0 atom stereocenters. The summed E-state index contributed by atoms with van der Waals surface area (Å²) in [5.74, 6) is 3.06. The lowest BCUT2D eigenvalue weighted by Gasteiger charge is -2.47. The molecule has 1 aromatic heterocycles. The number of fused-ring (bicyclic) bond motifs is 2. The van der Waals surface area contributed by atoms with E-state index in [9.17, 15) is 4.79 Å². The number of methoxy groups -OCH3 is 1. The third-order valence-electron chi connectivity index (χ3n) is 6.57. The van der Waals surface area contributed by atoms with Crippen molar-refractivity contribution in [1.29, 1.82) is 0 Å². The Morgan fingerprint density at radius 2 is 1.85 bits per heavy atom. The molecule has 0 radical (unpaired) electrons. The number of piperidine rings is 2. The molecule has 1 saturated carbocycles. The second-order valence-corrected chi connectivity index (χ2v) is 9.44. The number of halogens is 1. The van der Waals surface area contributed by atoms with Crippen molar-refractivity contribution in [3.8, 4) is 5.75 Å². The molecule has 176 valence electrons. The summed E-state index contributed by atoms with van der Waals surface area (Å²) in [6.07, 6.45) is 4.24. The zero-order chi connectivity index (χ0) is 23.5. The first-order valence-corrected chi connectivity index (χ1v) is 12.0. The molecule has 7 nitrogen and oxygen atoms in total. The molecule has 3 aliphatic rings. The first kappa shape index (κ1) is 22.5. The number of rotatable bonds is 8. The number of benzene rings is 2. The van der Waals surface area contributed by atoms with Gasteiger partial charge in [-0.25, -0.2) is 4.98 Å². The van der Waals surface area contributed by atoms with Crippen LogP contribution in [0.3, 0.4) is 0 Å². The van der Waals surface area contributed by atoms with Gasteiger partial charge >= 0.3 is 0 Å². The van der Waals surface area contributed by atoms with E-state index in [2.05, 4.69) is 20.5 Å². The van der Waals surface area contributed by atoms with Crippen LogP contribution in [0.5, 0.6) is 5.75 Å². The highest BCUT2D eigenvalue weighted by Crippen LogP contribution is 2.40. The molecular weight excluding hydrogens is 450 g/mol. The zero-order valence-electron chi connectivity index (χ0n) is 19.1. The van der Waals surface area contributed by atoms with Crippen LogP contribution in [-0.4, -0.2) is 36.1 Å². The van der Waals surface area contributed by atoms with Crippen molar-refractivity contribution in [3.63, 3.8) is 0 Å². The molecule has 2 aliphatic heterocycles. The Morgan fingerprint density at radius 1 is 1.09 bits per heavy atom. The van der Waals surface area contributed by atoms with Crippen LogP contribution in [-0.2, 0) is 13.1 Å². The smallest absolute Gasteiger partial charge is 0.256 e. The predicted molar refractivity (Wildman–Crippen MR) is 133 cm³/mol. The number of hydrogen-bond acceptors (Lipinski definition) is 6. The lowest BCUT2D eigenvalue weighted by atomic mass is 9.71. The van der Waals surface area contributed by atoms with Crippen LogP contribution in [0.15, 0.2) is 54.7 Å². The van der Waals surface area contributed by atoms with Crippen molar-refractivity contribution in [1.82, 2.24) is 15.3 Å². The summed E-state index contributed by atoms with van der Waals surface area (Å²) in [7, 11) is 1.59. The van der Waals surface area contributed by atoms with E-state index in [-0.39, 0.29) is 5.91 Å². The third kappa shape index (κ3) is 4.94. The van der Waals surface area contributed by atoms with Gasteiger partial charge in [0.25, 0.3) is 5.91 Å². The number of nitrogens with zero attached hydrogens (tertiary/aromatic N) is 3. The lowest BCUT2D eigenvalue weighted by molar-refractivity contribution is 0.0951. The van der Waals surface area contributed by atoms with E-state index < -0.39 is 0 Å². The predicted octanol–water partition coefficient (Wildman–Crippen LogP) is 4.53. The number of carbonyl (C=O) groups is 1. The number of amides is 1. The summed E-state index contributed by atoms with van der Waals surface area (Å²) < 4.78 is 5.24. The standard InChI is InChI=1S/C26H28ClN5O2/c1-34-23-8-7-18(11-22(23)27)13-28-24-21(25(33)29-12-17-5-3-2-4-6-17)14-30-26(31-24)32-15-19-9-20(10-19)16-32/h2-8,11,14,19-20H,9-10,12-13,15-16H2,1H3,(H,29,33)(H,28,30,31). The van der Waals surface area contributed by atoms with Crippen molar-refractivity contribution in [2.75, 3.05) is 30.4 Å². The Kier molecular flexibility index (Phi) is 6.54. The highest BCUT2D eigenvalue weighted by Gasteiger charge is 2.38. The second-order valence-electron chi connectivity index (χ2n) is 9.03. The molecule has 6 rings (SSSR count). The Hall–Kier alpha value is -3.32. The first-order valence-electron chi connectivity index (χ1n) is 11.6. The molecule has 2 bridgehead atoms. The summed E-state index contributed by atoms with van der Waals surface area (Å²) in [6, 6.07) is 15.4.